The lowest BCUT2D eigenvalue weighted by atomic mass is 9.82. The van der Waals surface area contributed by atoms with Gasteiger partial charge in [-0.2, -0.15) is 0 Å². The van der Waals surface area contributed by atoms with Crippen molar-refractivity contribution < 1.29 is 9.84 Å². The number of piperidine rings is 1. The molecule has 0 amide bonds. The van der Waals surface area contributed by atoms with E-state index in [9.17, 15) is 5.11 Å². The molecule has 1 fully saturated rings. The van der Waals surface area contributed by atoms with Crippen LogP contribution in [0.25, 0.3) is 0 Å². The molecule has 2 aliphatic rings. The van der Waals surface area contributed by atoms with Crippen LogP contribution in [0.4, 0.5) is 0 Å². The lowest BCUT2D eigenvalue weighted by molar-refractivity contribution is -0.0503. The Labute approximate surface area is 112 Å². The zero-order chi connectivity index (χ0) is 12.8. The molecule has 1 spiro atoms. The van der Waals surface area contributed by atoms with Gasteiger partial charge in [-0.15, -0.1) is 0 Å². The first kappa shape index (κ1) is 12.3. The number of rotatable bonds is 0. The summed E-state index contributed by atoms with van der Waals surface area (Å²) in [6.45, 7) is 2.05. The minimum atomic E-state index is -0.462. The van der Waals surface area contributed by atoms with E-state index in [2.05, 4.69) is 11.9 Å². The number of likely N-dealkylation sites (tertiary alicyclic amines) is 1. The number of aliphatic hydroxyl groups is 1. The molecule has 4 heteroatoms. The minimum absolute atomic E-state index is 0.188. The molecular formula is C14H18ClNO2. The Bertz CT molecular complexity index is 455. The summed E-state index contributed by atoms with van der Waals surface area (Å²) >= 11 is 5.97. The van der Waals surface area contributed by atoms with Crippen molar-refractivity contribution in [1.82, 2.24) is 4.90 Å². The zero-order valence-electron chi connectivity index (χ0n) is 10.5. The summed E-state index contributed by atoms with van der Waals surface area (Å²) in [6.07, 6.45) is 2.16. The quantitative estimate of drug-likeness (QED) is 0.784. The highest BCUT2D eigenvalue weighted by atomic mass is 35.5. The second-order valence-electron chi connectivity index (χ2n) is 5.49. The van der Waals surface area contributed by atoms with Crippen molar-refractivity contribution in [3.63, 3.8) is 0 Å². The second-order valence-corrected chi connectivity index (χ2v) is 5.93. The summed E-state index contributed by atoms with van der Waals surface area (Å²) in [6, 6.07) is 5.50. The second kappa shape index (κ2) is 4.41. The Kier molecular flexibility index (Phi) is 3.00. The fourth-order valence-electron chi connectivity index (χ4n) is 2.94. The van der Waals surface area contributed by atoms with Crippen molar-refractivity contribution in [2.45, 2.75) is 31.0 Å². The van der Waals surface area contributed by atoms with E-state index in [4.69, 9.17) is 16.3 Å². The highest BCUT2D eigenvalue weighted by Crippen LogP contribution is 2.44. The SMILES string of the molecule is CN1CCC2(CC1)CC(O)c1cc(Cl)ccc1O2. The van der Waals surface area contributed by atoms with Gasteiger partial charge in [-0.05, 0) is 38.1 Å². The van der Waals surface area contributed by atoms with Gasteiger partial charge >= 0.3 is 0 Å². The monoisotopic (exact) mass is 267 g/mol. The van der Waals surface area contributed by atoms with Gasteiger partial charge in [-0.1, -0.05) is 11.6 Å². The van der Waals surface area contributed by atoms with Crippen LogP contribution < -0.4 is 4.74 Å². The Hall–Kier alpha value is -0.770. The molecule has 0 radical (unpaired) electrons. The number of nitrogens with zero attached hydrogens (tertiary/aromatic N) is 1. The zero-order valence-corrected chi connectivity index (χ0v) is 11.3. The highest BCUT2D eigenvalue weighted by molar-refractivity contribution is 6.30. The first-order valence-electron chi connectivity index (χ1n) is 6.43. The molecule has 1 unspecified atom stereocenters. The van der Waals surface area contributed by atoms with Crippen LogP contribution in [-0.4, -0.2) is 35.7 Å². The summed E-state index contributed by atoms with van der Waals surface area (Å²) in [4.78, 5) is 2.30. The molecule has 1 aromatic rings. The number of ether oxygens (including phenoxy) is 1. The smallest absolute Gasteiger partial charge is 0.126 e. The maximum absolute atomic E-state index is 10.3. The topological polar surface area (TPSA) is 32.7 Å². The van der Waals surface area contributed by atoms with Gasteiger partial charge in [0.15, 0.2) is 0 Å². The highest BCUT2D eigenvalue weighted by Gasteiger charge is 2.42. The van der Waals surface area contributed by atoms with E-state index in [-0.39, 0.29) is 5.60 Å². The lowest BCUT2D eigenvalue weighted by Gasteiger charge is -2.45. The van der Waals surface area contributed by atoms with Crippen molar-refractivity contribution >= 4 is 11.6 Å². The first-order chi connectivity index (χ1) is 8.58. The van der Waals surface area contributed by atoms with E-state index in [0.29, 0.717) is 11.4 Å². The Morgan fingerprint density at radius 2 is 2.11 bits per heavy atom. The lowest BCUT2D eigenvalue weighted by Crippen LogP contribution is -2.49. The molecule has 0 saturated carbocycles. The third-order valence-electron chi connectivity index (χ3n) is 4.12. The maximum Gasteiger partial charge on any atom is 0.126 e. The fraction of sp³-hybridized carbons (Fsp3) is 0.571. The van der Waals surface area contributed by atoms with Crippen LogP contribution >= 0.6 is 11.6 Å². The Morgan fingerprint density at radius 3 is 2.83 bits per heavy atom. The molecule has 18 heavy (non-hydrogen) atoms. The number of hydrogen-bond donors (Lipinski definition) is 1. The number of halogens is 1. The van der Waals surface area contributed by atoms with Gasteiger partial charge in [0.2, 0.25) is 0 Å². The number of hydrogen-bond acceptors (Lipinski definition) is 3. The molecule has 3 rings (SSSR count). The Balaban J connectivity index is 1.89. The normalized spacial score (nSPS) is 26.7. The van der Waals surface area contributed by atoms with E-state index in [0.717, 1.165) is 37.2 Å². The summed E-state index contributed by atoms with van der Waals surface area (Å²) < 4.78 is 6.19. The van der Waals surface area contributed by atoms with E-state index in [1.54, 1.807) is 0 Å². The van der Waals surface area contributed by atoms with E-state index >= 15 is 0 Å². The van der Waals surface area contributed by atoms with E-state index in [1.165, 1.54) is 0 Å². The van der Waals surface area contributed by atoms with Crippen molar-refractivity contribution in [1.29, 1.82) is 0 Å². The molecule has 1 saturated heterocycles. The van der Waals surface area contributed by atoms with Crippen LogP contribution in [0.1, 0.15) is 30.9 Å². The van der Waals surface area contributed by atoms with Gasteiger partial charge in [0.05, 0.1) is 6.10 Å². The predicted molar refractivity (Wildman–Crippen MR) is 71.1 cm³/mol. The minimum Gasteiger partial charge on any atom is -0.487 e. The fourth-order valence-corrected chi connectivity index (χ4v) is 3.12. The van der Waals surface area contributed by atoms with Gasteiger partial charge in [0, 0.05) is 30.1 Å². The van der Waals surface area contributed by atoms with Crippen LogP contribution in [0, 0.1) is 0 Å². The van der Waals surface area contributed by atoms with Gasteiger partial charge in [-0.25, -0.2) is 0 Å². The Morgan fingerprint density at radius 1 is 1.39 bits per heavy atom. The maximum atomic E-state index is 10.3. The molecule has 3 nitrogen and oxygen atoms in total. The van der Waals surface area contributed by atoms with Gasteiger partial charge in [-0.3, -0.25) is 0 Å². The largest absolute Gasteiger partial charge is 0.487 e. The molecule has 2 heterocycles. The van der Waals surface area contributed by atoms with Crippen LogP contribution in [-0.2, 0) is 0 Å². The molecule has 0 aromatic heterocycles. The standard InChI is InChI=1S/C14H18ClNO2/c1-16-6-4-14(5-7-16)9-12(17)11-8-10(15)2-3-13(11)18-14/h2-3,8,12,17H,4-7,9H2,1H3. The van der Waals surface area contributed by atoms with Crippen molar-refractivity contribution in [3.8, 4) is 5.75 Å². The summed E-state index contributed by atoms with van der Waals surface area (Å²) in [7, 11) is 2.12. The number of aliphatic hydroxyl groups excluding tert-OH is 1. The molecule has 1 aromatic carbocycles. The predicted octanol–water partition coefficient (Wildman–Crippen LogP) is 2.62. The van der Waals surface area contributed by atoms with Crippen LogP contribution in [0.3, 0.4) is 0 Å². The summed E-state index contributed by atoms with van der Waals surface area (Å²) in [5, 5.41) is 11.0. The molecule has 1 atom stereocenters. The molecule has 1 N–H and O–H groups in total. The van der Waals surface area contributed by atoms with Crippen LogP contribution in [0.5, 0.6) is 5.75 Å². The van der Waals surface area contributed by atoms with Crippen molar-refractivity contribution in [3.05, 3.63) is 28.8 Å². The van der Waals surface area contributed by atoms with E-state index in [1.807, 2.05) is 18.2 Å². The summed E-state index contributed by atoms with van der Waals surface area (Å²) in [5.41, 5.74) is 0.638. The number of fused-ring (bicyclic) bond motifs is 1. The van der Waals surface area contributed by atoms with Gasteiger partial charge in [0.25, 0.3) is 0 Å². The molecular weight excluding hydrogens is 250 g/mol. The molecule has 0 bridgehead atoms. The van der Waals surface area contributed by atoms with Crippen LogP contribution in [0.2, 0.25) is 5.02 Å². The first-order valence-corrected chi connectivity index (χ1v) is 6.81. The van der Waals surface area contributed by atoms with Crippen molar-refractivity contribution in [2.24, 2.45) is 0 Å². The average molecular weight is 268 g/mol. The van der Waals surface area contributed by atoms with E-state index < -0.39 is 6.10 Å². The summed E-state index contributed by atoms with van der Waals surface area (Å²) in [5.74, 6) is 0.794. The van der Waals surface area contributed by atoms with Gasteiger partial charge in [0.1, 0.15) is 11.4 Å². The molecule has 0 aliphatic carbocycles. The van der Waals surface area contributed by atoms with Crippen molar-refractivity contribution in [2.75, 3.05) is 20.1 Å². The molecule has 2 aliphatic heterocycles. The average Bonchev–Trinajstić information content (AvgIpc) is 2.35. The molecule has 98 valence electrons. The third kappa shape index (κ3) is 2.11. The van der Waals surface area contributed by atoms with Crippen LogP contribution in [0.15, 0.2) is 18.2 Å². The van der Waals surface area contributed by atoms with Gasteiger partial charge < -0.3 is 14.7 Å². The third-order valence-corrected chi connectivity index (χ3v) is 4.36. The number of benzene rings is 1.